The maximum absolute atomic E-state index is 11.8. The van der Waals surface area contributed by atoms with Crippen LogP contribution in [-0.4, -0.2) is 41.7 Å². The molecule has 0 aromatic heterocycles. The first-order valence-corrected chi connectivity index (χ1v) is 7.07. The summed E-state index contributed by atoms with van der Waals surface area (Å²) in [6, 6.07) is 6.59. The number of hydrazone groups is 1. The first kappa shape index (κ1) is 18.6. The van der Waals surface area contributed by atoms with Crippen molar-refractivity contribution in [3.8, 4) is 0 Å². The van der Waals surface area contributed by atoms with E-state index in [1.165, 1.54) is 6.92 Å². The molecule has 0 aliphatic carbocycles. The van der Waals surface area contributed by atoms with Crippen molar-refractivity contribution >= 4 is 40.7 Å². The molecule has 0 radical (unpaired) electrons. The summed E-state index contributed by atoms with van der Waals surface area (Å²) in [5.41, 5.74) is 2.93. The van der Waals surface area contributed by atoms with Gasteiger partial charge in [0.1, 0.15) is 0 Å². The molecule has 0 aliphatic heterocycles. The zero-order valence-corrected chi connectivity index (χ0v) is 13.2. The Morgan fingerprint density at radius 2 is 1.83 bits per heavy atom. The number of carbonyl (C=O) groups is 3. The van der Waals surface area contributed by atoms with Crippen LogP contribution in [0.1, 0.15) is 13.3 Å². The van der Waals surface area contributed by atoms with Crippen LogP contribution in [0.15, 0.2) is 29.4 Å². The summed E-state index contributed by atoms with van der Waals surface area (Å²) in [6.45, 7) is 1.23. The summed E-state index contributed by atoms with van der Waals surface area (Å²) in [5, 5.41) is 17.6. The van der Waals surface area contributed by atoms with Gasteiger partial charge in [0.15, 0.2) is 0 Å². The molecular weight excluding hydrogens is 324 g/mol. The molecule has 0 bridgehead atoms. The number of nitrogens with zero attached hydrogens (tertiary/aromatic N) is 1. The summed E-state index contributed by atoms with van der Waals surface area (Å²) in [5.74, 6) is -2.22. The Kier molecular flexibility index (Phi) is 7.72. The number of halogens is 1. The SMILES string of the molecule is C/C(CC(=O)Nc1ccc(Cl)cc1)=N/NC(=O)C(=O)NCCO. The molecule has 0 spiro atoms. The fraction of sp³-hybridized carbons (Fsp3) is 0.286. The Balaban J connectivity index is 2.43. The molecule has 0 saturated heterocycles. The van der Waals surface area contributed by atoms with Crippen LogP contribution in [0.2, 0.25) is 5.02 Å². The molecule has 0 atom stereocenters. The van der Waals surface area contributed by atoms with E-state index in [-0.39, 0.29) is 25.5 Å². The van der Waals surface area contributed by atoms with Crippen LogP contribution in [0.5, 0.6) is 0 Å². The first-order valence-electron chi connectivity index (χ1n) is 6.70. The van der Waals surface area contributed by atoms with Gasteiger partial charge in [-0.1, -0.05) is 11.6 Å². The number of rotatable bonds is 6. The Labute approximate surface area is 137 Å². The van der Waals surface area contributed by atoms with Gasteiger partial charge in [0.25, 0.3) is 0 Å². The van der Waals surface area contributed by atoms with E-state index < -0.39 is 11.8 Å². The smallest absolute Gasteiger partial charge is 0.329 e. The minimum absolute atomic E-state index is 0.0293. The first-order chi connectivity index (χ1) is 10.9. The average Bonchev–Trinajstić information content (AvgIpc) is 2.52. The molecule has 124 valence electrons. The molecule has 0 aliphatic rings. The van der Waals surface area contributed by atoms with Crippen molar-refractivity contribution in [3.63, 3.8) is 0 Å². The highest BCUT2D eigenvalue weighted by Crippen LogP contribution is 2.13. The molecule has 0 fully saturated rings. The van der Waals surface area contributed by atoms with E-state index in [0.29, 0.717) is 16.4 Å². The molecule has 3 amide bonds. The van der Waals surface area contributed by atoms with E-state index in [1.54, 1.807) is 24.3 Å². The number of amides is 3. The molecule has 4 N–H and O–H groups in total. The highest BCUT2D eigenvalue weighted by Gasteiger charge is 2.12. The lowest BCUT2D eigenvalue weighted by Crippen LogP contribution is -2.39. The number of hydrogen-bond donors (Lipinski definition) is 4. The molecule has 0 heterocycles. The standard InChI is InChI=1S/C14H17ClN4O4/c1-9(18-19-14(23)13(22)16-6-7-20)8-12(21)17-11-4-2-10(15)3-5-11/h2-5,20H,6-8H2,1H3,(H,16,22)(H,17,21)(H,19,23)/b18-9-. The quantitative estimate of drug-likeness (QED) is 0.337. The summed E-state index contributed by atoms with van der Waals surface area (Å²) < 4.78 is 0. The molecule has 0 unspecified atom stereocenters. The van der Waals surface area contributed by atoms with Crippen molar-refractivity contribution in [2.45, 2.75) is 13.3 Å². The Bertz CT molecular complexity index is 601. The number of nitrogens with one attached hydrogen (secondary N) is 3. The maximum Gasteiger partial charge on any atom is 0.329 e. The van der Waals surface area contributed by atoms with Gasteiger partial charge >= 0.3 is 11.8 Å². The molecule has 0 saturated carbocycles. The number of benzene rings is 1. The van der Waals surface area contributed by atoms with E-state index in [9.17, 15) is 14.4 Å². The molecular formula is C14H17ClN4O4. The van der Waals surface area contributed by atoms with Crippen LogP contribution in [0.4, 0.5) is 5.69 Å². The Hall–Kier alpha value is -2.45. The highest BCUT2D eigenvalue weighted by atomic mass is 35.5. The average molecular weight is 341 g/mol. The lowest BCUT2D eigenvalue weighted by molar-refractivity contribution is -0.139. The van der Waals surface area contributed by atoms with E-state index >= 15 is 0 Å². The van der Waals surface area contributed by atoms with E-state index in [4.69, 9.17) is 16.7 Å². The summed E-state index contributed by atoms with van der Waals surface area (Å²) in [7, 11) is 0. The lowest BCUT2D eigenvalue weighted by Gasteiger charge is -2.05. The third kappa shape index (κ3) is 7.39. The third-order valence-electron chi connectivity index (χ3n) is 2.50. The normalized spacial score (nSPS) is 10.8. The predicted molar refractivity (Wildman–Crippen MR) is 86.0 cm³/mol. The monoisotopic (exact) mass is 340 g/mol. The number of carbonyl (C=O) groups excluding carboxylic acids is 3. The van der Waals surface area contributed by atoms with Gasteiger partial charge in [0.2, 0.25) is 5.91 Å². The highest BCUT2D eigenvalue weighted by molar-refractivity contribution is 6.35. The van der Waals surface area contributed by atoms with Gasteiger partial charge in [-0.2, -0.15) is 5.10 Å². The van der Waals surface area contributed by atoms with Crippen LogP contribution >= 0.6 is 11.6 Å². The zero-order valence-electron chi connectivity index (χ0n) is 12.4. The van der Waals surface area contributed by atoms with E-state index in [1.807, 2.05) is 5.43 Å². The maximum atomic E-state index is 11.8. The van der Waals surface area contributed by atoms with Gasteiger partial charge in [-0.05, 0) is 31.2 Å². The molecule has 1 rings (SSSR count). The molecule has 1 aromatic rings. The summed E-state index contributed by atoms with van der Waals surface area (Å²) in [6.07, 6.45) is -0.0544. The van der Waals surface area contributed by atoms with Crippen LogP contribution in [0.3, 0.4) is 0 Å². The van der Waals surface area contributed by atoms with Crippen molar-refractivity contribution in [2.24, 2.45) is 5.10 Å². The second-order valence-corrected chi connectivity index (χ2v) is 4.94. The van der Waals surface area contributed by atoms with Crippen molar-refractivity contribution in [1.82, 2.24) is 10.7 Å². The molecule has 8 nitrogen and oxygen atoms in total. The van der Waals surface area contributed by atoms with E-state index in [2.05, 4.69) is 15.7 Å². The van der Waals surface area contributed by atoms with Crippen LogP contribution in [0, 0.1) is 0 Å². The molecule has 23 heavy (non-hydrogen) atoms. The number of aliphatic hydroxyl groups excluding tert-OH is 1. The number of hydrogen-bond acceptors (Lipinski definition) is 5. The van der Waals surface area contributed by atoms with Gasteiger partial charge in [0, 0.05) is 23.0 Å². The topological polar surface area (TPSA) is 120 Å². The van der Waals surface area contributed by atoms with Crippen molar-refractivity contribution in [2.75, 3.05) is 18.5 Å². The van der Waals surface area contributed by atoms with Crippen LogP contribution in [-0.2, 0) is 14.4 Å². The third-order valence-corrected chi connectivity index (χ3v) is 2.75. The second-order valence-electron chi connectivity index (χ2n) is 4.50. The number of aliphatic hydroxyl groups is 1. The Morgan fingerprint density at radius 3 is 2.43 bits per heavy atom. The Morgan fingerprint density at radius 1 is 1.17 bits per heavy atom. The minimum Gasteiger partial charge on any atom is -0.395 e. The molecule has 9 heteroatoms. The van der Waals surface area contributed by atoms with Gasteiger partial charge in [-0.15, -0.1) is 0 Å². The van der Waals surface area contributed by atoms with Gasteiger partial charge < -0.3 is 15.7 Å². The zero-order chi connectivity index (χ0) is 17.2. The fourth-order valence-corrected chi connectivity index (χ4v) is 1.58. The summed E-state index contributed by atoms with van der Waals surface area (Å²) >= 11 is 5.74. The van der Waals surface area contributed by atoms with Crippen molar-refractivity contribution in [3.05, 3.63) is 29.3 Å². The van der Waals surface area contributed by atoms with E-state index in [0.717, 1.165) is 0 Å². The summed E-state index contributed by atoms with van der Waals surface area (Å²) in [4.78, 5) is 34.3. The fourth-order valence-electron chi connectivity index (χ4n) is 1.46. The van der Waals surface area contributed by atoms with Gasteiger partial charge in [-0.3, -0.25) is 14.4 Å². The molecule has 1 aromatic carbocycles. The van der Waals surface area contributed by atoms with Gasteiger partial charge in [0.05, 0.1) is 13.0 Å². The second kappa shape index (κ2) is 9.54. The number of anilines is 1. The lowest BCUT2D eigenvalue weighted by atomic mass is 10.2. The minimum atomic E-state index is -0.976. The van der Waals surface area contributed by atoms with Crippen molar-refractivity contribution < 1.29 is 19.5 Å². The van der Waals surface area contributed by atoms with Crippen molar-refractivity contribution in [1.29, 1.82) is 0 Å². The van der Waals surface area contributed by atoms with Gasteiger partial charge in [-0.25, -0.2) is 5.43 Å². The largest absolute Gasteiger partial charge is 0.395 e. The van der Waals surface area contributed by atoms with Crippen LogP contribution in [0.25, 0.3) is 0 Å². The predicted octanol–water partition coefficient (Wildman–Crippen LogP) is 0.269. The van der Waals surface area contributed by atoms with Crippen LogP contribution < -0.4 is 16.1 Å².